The van der Waals surface area contributed by atoms with Gasteiger partial charge in [0.15, 0.2) is 0 Å². The van der Waals surface area contributed by atoms with E-state index >= 15 is 0 Å². The maximum Gasteiger partial charge on any atom is 0.227 e. The van der Waals surface area contributed by atoms with Gasteiger partial charge in [-0.1, -0.05) is 61.7 Å². The SMILES string of the molecule is CCN(C(=O)Cc1cccc2ccccc12)C1CCCCC1. The van der Waals surface area contributed by atoms with Gasteiger partial charge in [0.05, 0.1) is 6.42 Å². The molecule has 0 aromatic heterocycles. The van der Waals surface area contributed by atoms with E-state index in [0.717, 1.165) is 12.1 Å². The maximum atomic E-state index is 12.8. The van der Waals surface area contributed by atoms with Gasteiger partial charge in [0.25, 0.3) is 0 Å². The quantitative estimate of drug-likeness (QED) is 0.809. The molecule has 0 atom stereocenters. The van der Waals surface area contributed by atoms with Crippen molar-refractivity contribution in [2.45, 2.75) is 51.5 Å². The lowest BCUT2D eigenvalue weighted by molar-refractivity contribution is -0.133. The second-order valence-corrected chi connectivity index (χ2v) is 6.29. The van der Waals surface area contributed by atoms with E-state index in [-0.39, 0.29) is 5.91 Å². The summed E-state index contributed by atoms with van der Waals surface area (Å²) < 4.78 is 0. The standard InChI is InChI=1S/C20H25NO/c1-2-21(18-12-4-3-5-13-18)20(22)15-17-11-8-10-16-9-6-7-14-19(16)17/h6-11,14,18H,2-5,12-13,15H2,1H3. The molecule has 1 aliphatic carbocycles. The van der Waals surface area contributed by atoms with Gasteiger partial charge in [-0.2, -0.15) is 0 Å². The molecule has 1 amide bonds. The molecule has 1 saturated carbocycles. The van der Waals surface area contributed by atoms with Gasteiger partial charge < -0.3 is 4.90 Å². The summed E-state index contributed by atoms with van der Waals surface area (Å²) in [6, 6.07) is 15.1. The normalized spacial score (nSPS) is 15.9. The Morgan fingerprint density at radius 1 is 1.05 bits per heavy atom. The van der Waals surface area contributed by atoms with Crippen LogP contribution in [0.25, 0.3) is 10.8 Å². The molecule has 1 aliphatic rings. The molecule has 0 unspecified atom stereocenters. The number of nitrogens with zero attached hydrogens (tertiary/aromatic N) is 1. The second-order valence-electron chi connectivity index (χ2n) is 6.29. The van der Waals surface area contributed by atoms with Crippen molar-refractivity contribution in [3.8, 4) is 0 Å². The third kappa shape index (κ3) is 3.16. The molecule has 0 radical (unpaired) electrons. The van der Waals surface area contributed by atoms with E-state index in [0.29, 0.717) is 12.5 Å². The summed E-state index contributed by atoms with van der Waals surface area (Å²) in [7, 11) is 0. The zero-order valence-electron chi connectivity index (χ0n) is 13.4. The Kier molecular flexibility index (Phi) is 4.77. The molecule has 0 bridgehead atoms. The first-order valence-electron chi connectivity index (χ1n) is 8.55. The topological polar surface area (TPSA) is 20.3 Å². The summed E-state index contributed by atoms with van der Waals surface area (Å²) in [5, 5.41) is 2.42. The summed E-state index contributed by atoms with van der Waals surface area (Å²) in [5.74, 6) is 0.283. The highest BCUT2D eigenvalue weighted by Crippen LogP contribution is 2.24. The van der Waals surface area contributed by atoms with Crippen molar-refractivity contribution in [1.82, 2.24) is 4.90 Å². The van der Waals surface area contributed by atoms with Crippen molar-refractivity contribution in [1.29, 1.82) is 0 Å². The minimum Gasteiger partial charge on any atom is -0.340 e. The highest BCUT2D eigenvalue weighted by molar-refractivity contribution is 5.90. The molecule has 0 aliphatic heterocycles. The average Bonchev–Trinajstić information content (AvgIpc) is 2.57. The van der Waals surface area contributed by atoms with Crippen LogP contribution in [-0.2, 0) is 11.2 Å². The van der Waals surface area contributed by atoms with Crippen LogP contribution < -0.4 is 0 Å². The molecule has 0 saturated heterocycles. The van der Waals surface area contributed by atoms with Gasteiger partial charge in [-0.05, 0) is 36.1 Å². The molecule has 2 nitrogen and oxygen atoms in total. The first kappa shape index (κ1) is 15.1. The van der Waals surface area contributed by atoms with Crippen LogP contribution in [0.4, 0.5) is 0 Å². The fraction of sp³-hybridized carbons (Fsp3) is 0.450. The summed E-state index contributed by atoms with van der Waals surface area (Å²) in [4.78, 5) is 14.9. The van der Waals surface area contributed by atoms with Crippen molar-refractivity contribution in [3.05, 3.63) is 48.0 Å². The van der Waals surface area contributed by atoms with Crippen molar-refractivity contribution in [2.75, 3.05) is 6.54 Å². The summed E-state index contributed by atoms with van der Waals surface area (Å²) in [5.41, 5.74) is 1.15. The molecular formula is C20H25NO. The van der Waals surface area contributed by atoms with Crippen molar-refractivity contribution < 1.29 is 4.79 Å². The minimum atomic E-state index is 0.283. The van der Waals surface area contributed by atoms with Crippen molar-refractivity contribution in [3.63, 3.8) is 0 Å². The van der Waals surface area contributed by atoms with Crippen LogP contribution in [0, 0.1) is 0 Å². The van der Waals surface area contributed by atoms with Gasteiger partial charge in [-0.15, -0.1) is 0 Å². The predicted octanol–water partition coefficient (Wildman–Crippen LogP) is 4.56. The zero-order chi connectivity index (χ0) is 15.4. The molecular weight excluding hydrogens is 270 g/mol. The van der Waals surface area contributed by atoms with Crippen LogP contribution in [-0.4, -0.2) is 23.4 Å². The zero-order valence-corrected chi connectivity index (χ0v) is 13.4. The minimum absolute atomic E-state index is 0.283. The molecule has 2 heteroatoms. The highest BCUT2D eigenvalue weighted by atomic mass is 16.2. The van der Waals surface area contributed by atoms with E-state index in [9.17, 15) is 4.79 Å². The van der Waals surface area contributed by atoms with Crippen LogP contribution in [0.15, 0.2) is 42.5 Å². The lowest BCUT2D eigenvalue weighted by atomic mass is 9.93. The number of carbonyl (C=O) groups is 1. The number of hydrogen-bond acceptors (Lipinski definition) is 1. The lowest BCUT2D eigenvalue weighted by Gasteiger charge is -2.33. The molecule has 2 aromatic rings. The van der Waals surface area contributed by atoms with Gasteiger partial charge in [-0.3, -0.25) is 4.79 Å². The summed E-state index contributed by atoms with van der Waals surface area (Å²) >= 11 is 0. The molecule has 0 N–H and O–H groups in total. The first-order valence-corrected chi connectivity index (χ1v) is 8.55. The molecule has 0 spiro atoms. The highest BCUT2D eigenvalue weighted by Gasteiger charge is 2.24. The van der Waals surface area contributed by atoms with Crippen LogP contribution in [0.1, 0.15) is 44.6 Å². The predicted molar refractivity (Wildman–Crippen MR) is 91.9 cm³/mol. The first-order chi connectivity index (χ1) is 10.8. The van der Waals surface area contributed by atoms with E-state index in [1.54, 1.807) is 0 Å². The summed E-state index contributed by atoms with van der Waals surface area (Å²) in [6.45, 7) is 2.93. The second kappa shape index (κ2) is 6.95. The lowest BCUT2D eigenvalue weighted by Crippen LogP contribution is -2.42. The van der Waals surface area contributed by atoms with Crippen LogP contribution in [0.3, 0.4) is 0 Å². The van der Waals surface area contributed by atoms with Gasteiger partial charge in [0.1, 0.15) is 0 Å². The van der Waals surface area contributed by atoms with Gasteiger partial charge in [0, 0.05) is 12.6 Å². The van der Waals surface area contributed by atoms with Crippen LogP contribution in [0.2, 0.25) is 0 Å². The number of fused-ring (bicyclic) bond motifs is 1. The van der Waals surface area contributed by atoms with Crippen molar-refractivity contribution in [2.24, 2.45) is 0 Å². The Hall–Kier alpha value is -1.83. The molecule has 22 heavy (non-hydrogen) atoms. The number of benzene rings is 2. The fourth-order valence-electron chi connectivity index (χ4n) is 3.74. The van der Waals surface area contributed by atoms with E-state index in [1.807, 2.05) is 6.07 Å². The Morgan fingerprint density at radius 3 is 2.55 bits per heavy atom. The molecule has 2 aromatic carbocycles. The average molecular weight is 295 g/mol. The molecule has 1 fully saturated rings. The number of amides is 1. The number of hydrogen-bond donors (Lipinski definition) is 0. The third-order valence-corrected chi connectivity index (χ3v) is 4.90. The maximum absolute atomic E-state index is 12.8. The van der Waals surface area contributed by atoms with Gasteiger partial charge in [0.2, 0.25) is 5.91 Å². The Bertz CT molecular complexity index is 638. The molecule has 0 heterocycles. The molecule has 116 valence electrons. The fourth-order valence-corrected chi connectivity index (χ4v) is 3.74. The van der Waals surface area contributed by atoms with E-state index in [2.05, 4.69) is 48.2 Å². The Labute approximate surface area is 133 Å². The number of likely N-dealkylation sites (N-methyl/N-ethyl adjacent to an activating group) is 1. The van der Waals surface area contributed by atoms with E-state index < -0.39 is 0 Å². The Morgan fingerprint density at radius 2 is 1.77 bits per heavy atom. The van der Waals surface area contributed by atoms with Gasteiger partial charge in [-0.25, -0.2) is 0 Å². The third-order valence-electron chi connectivity index (χ3n) is 4.90. The smallest absolute Gasteiger partial charge is 0.227 e. The largest absolute Gasteiger partial charge is 0.340 e. The number of rotatable bonds is 4. The monoisotopic (exact) mass is 295 g/mol. The van der Waals surface area contributed by atoms with E-state index in [1.165, 1.54) is 42.9 Å². The Balaban J connectivity index is 1.79. The molecule has 3 rings (SSSR count). The summed E-state index contributed by atoms with van der Waals surface area (Å²) in [6.07, 6.45) is 6.73. The number of carbonyl (C=O) groups excluding carboxylic acids is 1. The van der Waals surface area contributed by atoms with Crippen LogP contribution in [0.5, 0.6) is 0 Å². The van der Waals surface area contributed by atoms with Crippen molar-refractivity contribution >= 4 is 16.7 Å². The van der Waals surface area contributed by atoms with Gasteiger partial charge >= 0.3 is 0 Å². The van der Waals surface area contributed by atoms with E-state index in [4.69, 9.17) is 0 Å². The van der Waals surface area contributed by atoms with Crippen LogP contribution >= 0.6 is 0 Å².